The molecule has 0 aromatic heterocycles. The Balaban J connectivity index is 2.02. The van der Waals surface area contributed by atoms with E-state index >= 15 is 0 Å². The molecule has 0 aromatic rings. The average molecular weight is 504 g/mol. The summed E-state index contributed by atoms with van der Waals surface area (Å²) in [6.45, 7) is 15.8. The topological polar surface area (TPSA) is 90.4 Å². The Morgan fingerprint density at radius 1 is 1.06 bits per heavy atom. The lowest BCUT2D eigenvalue weighted by atomic mass is 9.66. The first-order valence-corrected chi connectivity index (χ1v) is 13.7. The highest BCUT2D eigenvalue weighted by atomic mass is 16.5. The van der Waals surface area contributed by atoms with Crippen LogP contribution in [0.1, 0.15) is 65.7 Å². The number of unbranched alkanes of at least 4 members (excludes halogenated alkanes) is 2. The number of hydrogen-bond acceptors (Lipinski definition) is 5. The first-order chi connectivity index (χ1) is 17.3. The summed E-state index contributed by atoms with van der Waals surface area (Å²) in [5, 5.41) is 9.53. The summed E-state index contributed by atoms with van der Waals surface area (Å²) in [6, 6.07) is -0.804. The fourth-order valence-corrected chi connectivity index (χ4v) is 6.65. The number of carbonyl (C=O) groups is 3. The fourth-order valence-electron chi connectivity index (χ4n) is 6.65. The summed E-state index contributed by atoms with van der Waals surface area (Å²) in [4.78, 5) is 47.2. The van der Waals surface area contributed by atoms with E-state index in [1.54, 1.807) is 26.9 Å². The molecular weight excluding hydrogens is 458 g/mol. The number of amides is 3. The van der Waals surface area contributed by atoms with Crippen molar-refractivity contribution in [3.8, 4) is 0 Å². The van der Waals surface area contributed by atoms with E-state index in [0.717, 1.165) is 25.7 Å². The number of aliphatic hydroxyl groups excluding tert-OH is 1. The van der Waals surface area contributed by atoms with Crippen LogP contribution in [-0.2, 0) is 19.1 Å². The second-order valence-corrected chi connectivity index (χ2v) is 10.7. The third-order valence-corrected chi connectivity index (χ3v) is 8.18. The Hall–Kier alpha value is -2.19. The van der Waals surface area contributed by atoms with Gasteiger partial charge in [-0.2, -0.15) is 0 Å². The number of nitrogens with zero attached hydrogens (tertiary/aromatic N) is 3. The number of ether oxygens (including phenoxy) is 1. The van der Waals surface area contributed by atoms with Gasteiger partial charge < -0.3 is 24.5 Å². The van der Waals surface area contributed by atoms with Crippen molar-refractivity contribution in [1.29, 1.82) is 0 Å². The van der Waals surface area contributed by atoms with E-state index in [4.69, 9.17) is 4.74 Å². The van der Waals surface area contributed by atoms with Gasteiger partial charge in [0.05, 0.1) is 17.4 Å². The van der Waals surface area contributed by atoms with E-state index in [1.807, 2.05) is 13.8 Å². The van der Waals surface area contributed by atoms with Gasteiger partial charge in [0.15, 0.2) is 0 Å². The predicted molar refractivity (Wildman–Crippen MR) is 139 cm³/mol. The second-order valence-electron chi connectivity index (χ2n) is 10.7. The molecule has 1 N–H and O–H groups in total. The predicted octanol–water partition coefficient (Wildman–Crippen LogP) is 2.76. The van der Waals surface area contributed by atoms with Gasteiger partial charge in [-0.05, 0) is 39.0 Å². The van der Waals surface area contributed by atoms with Gasteiger partial charge in [-0.15, -0.1) is 13.2 Å². The first-order valence-electron chi connectivity index (χ1n) is 13.7. The van der Waals surface area contributed by atoms with Crippen LogP contribution >= 0.6 is 0 Å². The van der Waals surface area contributed by atoms with Crippen LogP contribution in [0.3, 0.4) is 0 Å². The maximum Gasteiger partial charge on any atom is 0.248 e. The zero-order valence-electron chi connectivity index (χ0n) is 22.4. The summed E-state index contributed by atoms with van der Waals surface area (Å²) in [7, 11) is 0. The third kappa shape index (κ3) is 4.86. The number of hydrogen-bond donors (Lipinski definition) is 1. The standard InChI is InChI=1S/C28H45N3O5/c1-6-10-11-18-30(17-9-4)26(35)23-28-14-13-27(5,36-28)21(24(33)29(15-7-2)16-8-3)22(28)25(34)31(23)19-12-20-32/h7,9,21-23,32H,2,4,6,8,10-20H2,1,3,5H3/t21-,22-,23?,27+,28?/m0/s1. The lowest BCUT2D eigenvalue weighted by Crippen LogP contribution is -2.56. The zero-order chi connectivity index (χ0) is 26.5. The van der Waals surface area contributed by atoms with Crippen LogP contribution in [0.2, 0.25) is 0 Å². The SMILES string of the molecule is C=CCN(CCCCC)C(=O)C1N(CCCO)C(=O)[C@@H]2[C@@H](C(=O)N(CC=C)CCC)[C@@]3(C)CCC12O3. The number of fused-ring (bicyclic) bond motifs is 1. The molecule has 5 atom stereocenters. The molecule has 0 saturated carbocycles. The second kappa shape index (κ2) is 11.9. The van der Waals surface area contributed by atoms with Gasteiger partial charge in [0, 0.05) is 39.3 Å². The van der Waals surface area contributed by atoms with Gasteiger partial charge >= 0.3 is 0 Å². The molecule has 8 nitrogen and oxygen atoms in total. The molecule has 3 amide bonds. The molecule has 0 radical (unpaired) electrons. The molecule has 8 heteroatoms. The smallest absolute Gasteiger partial charge is 0.248 e. The van der Waals surface area contributed by atoms with E-state index in [-0.39, 0.29) is 30.9 Å². The number of likely N-dealkylation sites (tertiary alicyclic amines) is 1. The van der Waals surface area contributed by atoms with E-state index < -0.39 is 29.1 Å². The largest absolute Gasteiger partial charge is 0.396 e. The van der Waals surface area contributed by atoms with Gasteiger partial charge in [0.1, 0.15) is 11.6 Å². The van der Waals surface area contributed by atoms with Crippen molar-refractivity contribution in [3.05, 3.63) is 25.3 Å². The van der Waals surface area contributed by atoms with Crippen molar-refractivity contribution in [2.75, 3.05) is 39.3 Å². The molecule has 202 valence electrons. The minimum absolute atomic E-state index is 0.0836. The van der Waals surface area contributed by atoms with Crippen LogP contribution in [0.25, 0.3) is 0 Å². The third-order valence-electron chi connectivity index (χ3n) is 8.18. The van der Waals surface area contributed by atoms with Crippen molar-refractivity contribution in [1.82, 2.24) is 14.7 Å². The molecule has 2 unspecified atom stereocenters. The average Bonchev–Trinajstić information content (AvgIpc) is 3.42. The lowest BCUT2D eigenvalue weighted by Gasteiger charge is -2.37. The molecule has 1 spiro atoms. The normalized spacial score (nSPS) is 30.4. The van der Waals surface area contributed by atoms with Crippen molar-refractivity contribution in [3.63, 3.8) is 0 Å². The molecule has 36 heavy (non-hydrogen) atoms. The molecule has 3 aliphatic rings. The number of aliphatic hydroxyl groups is 1. The van der Waals surface area contributed by atoms with Crippen molar-refractivity contribution in [2.45, 2.75) is 83.0 Å². The Morgan fingerprint density at radius 3 is 2.31 bits per heavy atom. The molecule has 3 heterocycles. The van der Waals surface area contributed by atoms with Crippen molar-refractivity contribution in [2.24, 2.45) is 11.8 Å². The molecule has 0 aromatic carbocycles. The molecule has 2 bridgehead atoms. The summed E-state index contributed by atoms with van der Waals surface area (Å²) in [5.74, 6) is -1.80. The molecule has 0 aliphatic carbocycles. The summed E-state index contributed by atoms with van der Waals surface area (Å²) in [5.41, 5.74) is -1.83. The highest BCUT2D eigenvalue weighted by molar-refractivity contribution is 5.99. The monoisotopic (exact) mass is 503 g/mol. The maximum atomic E-state index is 14.1. The van der Waals surface area contributed by atoms with Gasteiger partial charge in [-0.3, -0.25) is 14.4 Å². The lowest BCUT2D eigenvalue weighted by molar-refractivity contribution is -0.153. The van der Waals surface area contributed by atoms with Gasteiger partial charge in [0.2, 0.25) is 17.7 Å². The first kappa shape index (κ1) is 28.4. The molecule has 3 rings (SSSR count). The molecule has 3 aliphatic heterocycles. The minimum atomic E-state index is -1.03. The quantitative estimate of drug-likeness (QED) is 0.274. The Labute approximate surface area is 216 Å². The van der Waals surface area contributed by atoms with E-state index in [1.165, 1.54) is 0 Å². The Bertz CT molecular complexity index is 847. The molecule has 3 saturated heterocycles. The van der Waals surface area contributed by atoms with E-state index in [9.17, 15) is 19.5 Å². The van der Waals surface area contributed by atoms with Crippen molar-refractivity contribution < 1.29 is 24.2 Å². The molecular formula is C28H45N3O5. The van der Waals surface area contributed by atoms with E-state index in [2.05, 4.69) is 20.1 Å². The number of carbonyl (C=O) groups excluding carboxylic acids is 3. The van der Waals surface area contributed by atoms with Crippen LogP contribution in [-0.4, -0.2) is 94.1 Å². The Morgan fingerprint density at radius 2 is 1.72 bits per heavy atom. The highest BCUT2D eigenvalue weighted by Gasteiger charge is 2.78. The van der Waals surface area contributed by atoms with E-state index in [0.29, 0.717) is 45.4 Å². The van der Waals surface area contributed by atoms with Gasteiger partial charge in [-0.1, -0.05) is 38.8 Å². The Kier molecular flexibility index (Phi) is 9.39. The van der Waals surface area contributed by atoms with Crippen LogP contribution in [0, 0.1) is 11.8 Å². The number of rotatable bonds is 15. The van der Waals surface area contributed by atoms with Gasteiger partial charge in [-0.25, -0.2) is 0 Å². The fraction of sp³-hybridized carbons (Fsp3) is 0.750. The van der Waals surface area contributed by atoms with Crippen LogP contribution in [0.15, 0.2) is 25.3 Å². The van der Waals surface area contributed by atoms with Crippen LogP contribution in [0.5, 0.6) is 0 Å². The van der Waals surface area contributed by atoms with Crippen LogP contribution < -0.4 is 0 Å². The van der Waals surface area contributed by atoms with Crippen LogP contribution in [0.4, 0.5) is 0 Å². The summed E-state index contributed by atoms with van der Waals surface area (Å²) in [6.07, 6.45) is 8.68. The van der Waals surface area contributed by atoms with Gasteiger partial charge in [0.25, 0.3) is 0 Å². The highest BCUT2D eigenvalue weighted by Crippen LogP contribution is 2.63. The maximum absolute atomic E-state index is 14.1. The summed E-state index contributed by atoms with van der Waals surface area (Å²) >= 11 is 0. The molecule has 3 fully saturated rings. The zero-order valence-corrected chi connectivity index (χ0v) is 22.4. The summed E-state index contributed by atoms with van der Waals surface area (Å²) < 4.78 is 6.71. The van der Waals surface area contributed by atoms with Crippen molar-refractivity contribution >= 4 is 17.7 Å². The minimum Gasteiger partial charge on any atom is -0.396 e.